The summed E-state index contributed by atoms with van der Waals surface area (Å²) in [7, 11) is 1.62. The average molecular weight is 384 g/mol. The van der Waals surface area contributed by atoms with Gasteiger partial charge in [0.1, 0.15) is 23.4 Å². The van der Waals surface area contributed by atoms with E-state index in [1.54, 1.807) is 13.2 Å². The number of carbonyl (C=O) groups excluding carboxylic acids is 1. The lowest BCUT2D eigenvalue weighted by Crippen LogP contribution is -2.38. The number of hydrogen-bond donors (Lipinski definition) is 2. The quantitative estimate of drug-likeness (QED) is 0.767. The molecule has 1 aromatic carbocycles. The summed E-state index contributed by atoms with van der Waals surface area (Å²) in [6.07, 6.45) is 5.91. The van der Waals surface area contributed by atoms with Gasteiger partial charge < -0.3 is 19.8 Å². The second kappa shape index (κ2) is 8.22. The van der Waals surface area contributed by atoms with E-state index >= 15 is 0 Å². The lowest BCUT2D eigenvalue weighted by Gasteiger charge is -2.32. The van der Waals surface area contributed by atoms with E-state index in [2.05, 4.69) is 20.2 Å². The number of carbonyl (C=O) groups is 1. The lowest BCUT2D eigenvalue weighted by atomic mass is 10.1. The van der Waals surface area contributed by atoms with Crippen LogP contribution in [-0.4, -0.2) is 53.1 Å². The smallest absolute Gasteiger partial charge is 0.255 e. The summed E-state index contributed by atoms with van der Waals surface area (Å²) in [5, 5.41) is 3.04. The van der Waals surface area contributed by atoms with Gasteiger partial charge in [-0.1, -0.05) is 0 Å². The van der Waals surface area contributed by atoms with Crippen LogP contribution in [0.5, 0.6) is 11.5 Å². The van der Waals surface area contributed by atoms with E-state index in [4.69, 9.17) is 9.47 Å². The van der Waals surface area contributed by atoms with Crippen LogP contribution in [0.3, 0.4) is 0 Å². The number of amides is 1. The van der Waals surface area contributed by atoms with E-state index in [1.165, 1.54) is 0 Å². The maximum absolute atomic E-state index is 12.6. The predicted octanol–water partition coefficient (Wildman–Crippen LogP) is 2.66. The monoisotopic (exact) mass is 384 g/mol. The van der Waals surface area contributed by atoms with Crippen LogP contribution in [0.4, 0.5) is 0 Å². The van der Waals surface area contributed by atoms with Gasteiger partial charge in [-0.3, -0.25) is 9.69 Å². The number of aromatic amines is 1. The molecule has 4 rings (SSSR count). The number of aromatic nitrogens is 2. The standard InChI is InChI=1S/C21H28N4O3/c1-14-12-22-20(23-14)13-25-9-7-16(8-10-25)28-19-11-17(27-2)5-6-18(19)21(26)24-15-3-4-15/h5-6,11-12,15-16H,3-4,7-10,13H2,1-2H3,(H,22,23)(H,24,26). The minimum Gasteiger partial charge on any atom is -0.497 e. The molecular formula is C21H28N4O3. The number of likely N-dealkylation sites (tertiary alicyclic amines) is 1. The number of ether oxygens (including phenoxy) is 2. The van der Waals surface area contributed by atoms with Crippen molar-refractivity contribution in [3.05, 3.63) is 41.5 Å². The zero-order valence-corrected chi connectivity index (χ0v) is 16.5. The molecule has 1 aliphatic carbocycles. The number of methoxy groups -OCH3 is 1. The van der Waals surface area contributed by atoms with Gasteiger partial charge in [0, 0.05) is 37.1 Å². The largest absolute Gasteiger partial charge is 0.497 e. The summed E-state index contributed by atoms with van der Waals surface area (Å²) in [5.41, 5.74) is 1.67. The Morgan fingerprint density at radius 3 is 2.71 bits per heavy atom. The van der Waals surface area contributed by atoms with Crippen molar-refractivity contribution in [1.82, 2.24) is 20.2 Å². The first-order valence-corrected chi connectivity index (χ1v) is 9.99. The van der Waals surface area contributed by atoms with E-state index in [0.29, 0.717) is 23.1 Å². The molecule has 2 fully saturated rings. The SMILES string of the molecule is COc1ccc(C(=O)NC2CC2)c(OC2CCN(Cc3ncc(C)[nH]3)CC2)c1. The molecular weight excluding hydrogens is 356 g/mol. The molecule has 2 aliphatic rings. The third kappa shape index (κ3) is 4.65. The number of benzene rings is 1. The zero-order chi connectivity index (χ0) is 19.5. The first kappa shape index (κ1) is 18.8. The molecule has 1 saturated carbocycles. The van der Waals surface area contributed by atoms with Crippen LogP contribution < -0.4 is 14.8 Å². The minimum atomic E-state index is -0.0641. The van der Waals surface area contributed by atoms with Crippen molar-refractivity contribution >= 4 is 5.91 Å². The Bertz CT molecular complexity index is 823. The zero-order valence-electron chi connectivity index (χ0n) is 16.5. The van der Waals surface area contributed by atoms with Gasteiger partial charge in [0.25, 0.3) is 5.91 Å². The number of piperidine rings is 1. The average Bonchev–Trinajstić information content (AvgIpc) is 3.42. The maximum atomic E-state index is 12.6. The molecule has 0 bridgehead atoms. The predicted molar refractivity (Wildman–Crippen MR) is 106 cm³/mol. The fourth-order valence-electron chi connectivity index (χ4n) is 3.53. The van der Waals surface area contributed by atoms with Crippen LogP contribution in [0.25, 0.3) is 0 Å². The normalized spacial score (nSPS) is 18.1. The molecule has 0 unspecified atom stereocenters. The number of hydrogen-bond acceptors (Lipinski definition) is 5. The Labute approximate surface area is 165 Å². The Kier molecular flexibility index (Phi) is 5.52. The molecule has 2 heterocycles. The van der Waals surface area contributed by atoms with Gasteiger partial charge in [-0.2, -0.15) is 0 Å². The Morgan fingerprint density at radius 2 is 2.07 bits per heavy atom. The van der Waals surface area contributed by atoms with Gasteiger partial charge in [-0.15, -0.1) is 0 Å². The van der Waals surface area contributed by atoms with Gasteiger partial charge in [0.15, 0.2) is 0 Å². The fraction of sp³-hybridized carbons (Fsp3) is 0.524. The van der Waals surface area contributed by atoms with Crippen molar-refractivity contribution in [2.24, 2.45) is 0 Å². The van der Waals surface area contributed by atoms with Crippen molar-refractivity contribution in [2.75, 3.05) is 20.2 Å². The van der Waals surface area contributed by atoms with Crippen LogP contribution >= 0.6 is 0 Å². The molecule has 0 atom stereocenters. The molecule has 2 N–H and O–H groups in total. The molecule has 7 heteroatoms. The van der Waals surface area contributed by atoms with Crippen molar-refractivity contribution in [3.63, 3.8) is 0 Å². The molecule has 1 amide bonds. The van der Waals surface area contributed by atoms with Crippen LogP contribution in [0, 0.1) is 6.92 Å². The lowest BCUT2D eigenvalue weighted by molar-refractivity contribution is 0.0883. The van der Waals surface area contributed by atoms with Gasteiger partial charge >= 0.3 is 0 Å². The second-order valence-electron chi connectivity index (χ2n) is 7.72. The molecule has 0 spiro atoms. The summed E-state index contributed by atoms with van der Waals surface area (Å²) < 4.78 is 11.6. The molecule has 2 aromatic rings. The Morgan fingerprint density at radius 1 is 1.29 bits per heavy atom. The summed E-state index contributed by atoms with van der Waals surface area (Å²) in [4.78, 5) is 22.6. The number of rotatable bonds is 7. The number of aryl methyl sites for hydroxylation is 1. The second-order valence-corrected chi connectivity index (χ2v) is 7.72. The van der Waals surface area contributed by atoms with Crippen LogP contribution in [0.15, 0.2) is 24.4 Å². The third-order valence-corrected chi connectivity index (χ3v) is 5.30. The number of nitrogens with one attached hydrogen (secondary N) is 2. The van der Waals surface area contributed by atoms with E-state index in [9.17, 15) is 4.79 Å². The molecule has 1 aliphatic heterocycles. The topological polar surface area (TPSA) is 79.5 Å². The van der Waals surface area contributed by atoms with E-state index in [1.807, 2.05) is 25.3 Å². The maximum Gasteiger partial charge on any atom is 0.255 e. The number of nitrogens with zero attached hydrogens (tertiary/aromatic N) is 2. The highest BCUT2D eigenvalue weighted by Crippen LogP contribution is 2.29. The molecule has 150 valence electrons. The number of H-pyrrole nitrogens is 1. The highest BCUT2D eigenvalue weighted by Gasteiger charge is 2.27. The molecule has 1 saturated heterocycles. The van der Waals surface area contributed by atoms with E-state index in [-0.39, 0.29) is 12.0 Å². The summed E-state index contributed by atoms with van der Waals surface area (Å²) in [6, 6.07) is 5.74. The molecule has 28 heavy (non-hydrogen) atoms. The first-order valence-electron chi connectivity index (χ1n) is 9.99. The van der Waals surface area contributed by atoms with Crippen LogP contribution in [0.2, 0.25) is 0 Å². The van der Waals surface area contributed by atoms with Crippen molar-refractivity contribution in [1.29, 1.82) is 0 Å². The fourth-order valence-corrected chi connectivity index (χ4v) is 3.53. The summed E-state index contributed by atoms with van der Waals surface area (Å²) in [5.74, 6) is 2.25. The summed E-state index contributed by atoms with van der Waals surface area (Å²) in [6.45, 7) is 4.73. The van der Waals surface area contributed by atoms with Crippen LogP contribution in [0.1, 0.15) is 47.6 Å². The minimum absolute atomic E-state index is 0.0641. The van der Waals surface area contributed by atoms with E-state index < -0.39 is 0 Å². The highest BCUT2D eigenvalue weighted by molar-refractivity contribution is 5.97. The van der Waals surface area contributed by atoms with Gasteiger partial charge in [0.2, 0.25) is 0 Å². The van der Waals surface area contributed by atoms with Gasteiger partial charge in [-0.05, 0) is 44.7 Å². The number of imidazole rings is 1. The molecule has 0 radical (unpaired) electrons. The highest BCUT2D eigenvalue weighted by atomic mass is 16.5. The summed E-state index contributed by atoms with van der Waals surface area (Å²) >= 11 is 0. The van der Waals surface area contributed by atoms with Crippen LogP contribution in [-0.2, 0) is 6.54 Å². The van der Waals surface area contributed by atoms with Crippen molar-refractivity contribution in [3.8, 4) is 11.5 Å². The molecule has 1 aromatic heterocycles. The van der Waals surface area contributed by atoms with Crippen molar-refractivity contribution < 1.29 is 14.3 Å². The Balaban J connectivity index is 1.37. The Hall–Kier alpha value is -2.54. The molecule has 7 nitrogen and oxygen atoms in total. The van der Waals surface area contributed by atoms with Crippen molar-refractivity contribution in [2.45, 2.75) is 51.3 Å². The first-order chi connectivity index (χ1) is 13.6. The third-order valence-electron chi connectivity index (χ3n) is 5.30. The van der Waals surface area contributed by atoms with Gasteiger partial charge in [0.05, 0.1) is 19.2 Å². The van der Waals surface area contributed by atoms with E-state index in [0.717, 1.165) is 56.8 Å². The van der Waals surface area contributed by atoms with Gasteiger partial charge in [-0.25, -0.2) is 4.98 Å².